The molecule has 208 valence electrons. The number of pyridine rings is 1. The van der Waals surface area contributed by atoms with Gasteiger partial charge in [-0.05, 0) is 82.8 Å². The topological polar surface area (TPSA) is 71.5 Å². The smallest absolute Gasteiger partial charge is 0.228 e. The maximum absolute atomic E-state index is 13.4. The van der Waals surface area contributed by atoms with Gasteiger partial charge in [0.2, 0.25) is 11.7 Å². The number of hydrogen-bond acceptors (Lipinski definition) is 5. The fraction of sp³-hybridized carbons (Fsp3) is 0.194. The number of para-hydroxylation sites is 1. The number of hydrogen-bond donors (Lipinski definition) is 1. The van der Waals surface area contributed by atoms with Gasteiger partial charge in [-0.2, -0.15) is 0 Å². The molecule has 2 aliphatic rings. The molecule has 7 rings (SSSR count). The van der Waals surface area contributed by atoms with E-state index in [0.717, 1.165) is 60.0 Å². The number of ketones is 1. The molecule has 0 spiro atoms. The average Bonchev–Trinajstić information content (AvgIpc) is 3.31. The summed E-state index contributed by atoms with van der Waals surface area (Å²) in [5, 5.41) is 7.06. The fourth-order valence-electron chi connectivity index (χ4n) is 6.08. The zero-order chi connectivity index (χ0) is 28.6. The standard InChI is InChI=1S/C36H31N3O3/c1-23(40)39-34-9-5-4-8-30(34)36(41)35(39)21-29-20-31(27-12-11-25-6-2-3-7-26(25)19-27)32-18-24(10-13-33(32)38-29)22-37-28-14-16-42-17-15-28/h2-13,18-21,28,37H,14-17,22H2,1H3/b35-21+. The zero-order valence-corrected chi connectivity index (χ0v) is 23.5. The van der Waals surface area contributed by atoms with Crippen molar-refractivity contribution in [2.45, 2.75) is 32.4 Å². The first kappa shape index (κ1) is 26.3. The van der Waals surface area contributed by atoms with E-state index in [-0.39, 0.29) is 11.7 Å². The second-order valence-electron chi connectivity index (χ2n) is 11.0. The van der Waals surface area contributed by atoms with Gasteiger partial charge in [-0.1, -0.05) is 54.6 Å². The third-order valence-electron chi connectivity index (χ3n) is 8.23. The van der Waals surface area contributed by atoms with Crippen LogP contribution in [0.2, 0.25) is 0 Å². The molecule has 1 saturated heterocycles. The van der Waals surface area contributed by atoms with Gasteiger partial charge in [0, 0.05) is 43.7 Å². The summed E-state index contributed by atoms with van der Waals surface area (Å²) in [6.45, 7) is 3.86. The summed E-state index contributed by atoms with van der Waals surface area (Å²) in [6.07, 6.45) is 3.79. The molecule has 6 nitrogen and oxygen atoms in total. The third-order valence-corrected chi connectivity index (χ3v) is 8.23. The van der Waals surface area contributed by atoms with Gasteiger partial charge in [-0.15, -0.1) is 0 Å². The van der Waals surface area contributed by atoms with Gasteiger partial charge in [0.25, 0.3) is 0 Å². The minimum absolute atomic E-state index is 0.176. The van der Waals surface area contributed by atoms with Crippen LogP contribution in [-0.4, -0.2) is 35.9 Å². The van der Waals surface area contributed by atoms with Crippen molar-refractivity contribution in [3.63, 3.8) is 0 Å². The van der Waals surface area contributed by atoms with Crippen LogP contribution in [0.3, 0.4) is 0 Å². The number of anilines is 1. The van der Waals surface area contributed by atoms with Gasteiger partial charge in [0.05, 0.1) is 22.6 Å². The Morgan fingerprint density at radius 1 is 0.929 bits per heavy atom. The monoisotopic (exact) mass is 553 g/mol. The maximum Gasteiger partial charge on any atom is 0.228 e. The number of benzene rings is 4. The van der Waals surface area contributed by atoms with E-state index in [1.165, 1.54) is 22.8 Å². The Labute approximate surface area is 244 Å². The van der Waals surface area contributed by atoms with Gasteiger partial charge in [-0.25, -0.2) is 4.98 Å². The molecule has 0 bridgehead atoms. The highest BCUT2D eigenvalue weighted by Crippen LogP contribution is 2.37. The minimum Gasteiger partial charge on any atom is -0.381 e. The van der Waals surface area contributed by atoms with Gasteiger partial charge < -0.3 is 10.1 Å². The second-order valence-corrected chi connectivity index (χ2v) is 11.0. The van der Waals surface area contributed by atoms with Crippen LogP contribution in [0.5, 0.6) is 0 Å². The fourth-order valence-corrected chi connectivity index (χ4v) is 6.08. The molecule has 1 amide bonds. The highest BCUT2D eigenvalue weighted by atomic mass is 16.5. The molecule has 1 N–H and O–H groups in total. The predicted octanol–water partition coefficient (Wildman–Crippen LogP) is 6.91. The molecular formula is C36H31N3O3. The maximum atomic E-state index is 13.4. The van der Waals surface area contributed by atoms with E-state index in [2.05, 4.69) is 53.8 Å². The lowest BCUT2D eigenvalue weighted by atomic mass is 9.96. The molecule has 0 unspecified atom stereocenters. The summed E-state index contributed by atoms with van der Waals surface area (Å²) in [6, 6.07) is 30.9. The number of Topliss-reactive ketones (excluding diaryl/α,β-unsaturated/α-hetero) is 1. The molecule has 4 aromatic carbocycles. The summed E-state index contributed by atoms with van der Waals surface area (Å²) in [5.41, 5.74) is 6.20. The van der Waals surface area contributed by atoms with E-state index in [9.17, 15) is 9.59 Å². The van der Waals surface area contributed by atoms with Crippen LogP contribution in [0.1, 0.15) is 41.4 Å². The predicted molar refractivity (Wildman–Crippen MR) is 167 cm³/mol. The average molecular weight is 554 g/mol. The van der Waals surface area contributed by atoms with E-state index in [1.807, 2.05) is 30.3 Å². The summed E-state index contributed by atoms with van der Waals surface area (Å²) in [5.74, 6) is -0.388. The van der Waals surface area contributed by atoms with Crippen LogP contribution < -0.4 is 10.2 Å². The summed E-state index contributed by atoms with van der Waals surface area (Å²) >= 11 is 0. The van der Waals surface area contributed by atoms with E-state index in [1.54, 1.807) is 18.2 Å². The van der Waals surface area contributed by atoms with Crippen molar-refractivity contribution in [3.8, 4) is 11.1 Å². The quantitative estimate of drug-likeness (QED) is 0.239. The van der Waals surface area contributed by atoms with Crippen molar-refractivity contribution in [1.82, 2.24) is 10.3 Å². The molecule has 0 aliphatic carbocycles. The first-order valence-electron chi connectivity index (χ1n) is 14.5. The Hall–Kier alpha value is -4.65. The number of nitrogens with one attached hydrogen (secondary N) is 1. The lowest BCUT2D eigenvalue weighted by Crippen LogP contribution is -2.34. The summed E-state index contributed by atoms with van der Waals surface area (Å²) in [4.78, 5) is 32.6. The largest absolute Gasteiger partial charge is 0.381 e. The number of nitrogens with zero attached hydrogens (tertiary/aromatic N) is 2. The van der Waals surface area contributed by atoms with Crippen LogP contribution in [0, 0.1) is 0 Å². The number of amides is 1. The number of carbonyl (C=O) groups excluding carboxylic acids is 2. The first-order chi connectivity index (χ1) is 20.5. The number of allylic oxidation sites excluding steroid dienone is 1. The van der Waals surface area contributed by atoms with Crippen molar-refractivity contribution >= 4 is 45.1 Å². The van der Waals surface area contributed by atoms with E-state index < -0.39 is 0 Å². The number of ether oxygens (including phenoxy) is 1. The van der Waals surface area contributed by atoms with Crippen molar-refractivity contribution in [3.05, 3.63) is 114 Å². The number of rotatable bonds is 5. The van der Waals surface area contributed by atoms with Crippen molar-refractivity contribution < 1.29 is 14.3 Å². The Bertz CT molecular complexity index is 1890. The SMILES string of the molecule is CC(=O)N1/C(=C/c2cc(-c3ccc4ccccc4c3)c3cc(CNC4CCOCC4)ccc3n2)C(=O)c2ccccc21. The highest BCUT2D eigenvalue weighted by molar-refractivity contribution is 6.26. The van der Waals surface area contributed by atoms with Gasteiger partial charge in [0.1, 0.15) is 0 Å². The molecule has 2 aliphatic heterocycles. The molecule has 1 aromatic heterocycles. The van der Waals surface area contributed by atoms with E-state index in [4.69, 9.17) is 9.72 Å². The van der Waals surface area contributed by atoms with E-state index in [0.29, 0.717) is 28.7 Å². The Balaban J connectivity index is 1.34. The molecular weight excluding hydrogens is 522 g/mol. The number of fused-ring (bicyclic) bond motifs is 3. The van der Waals surface area contributed by atoms with Gasteiger partial charge in [0.15, 0.2) is 0 Å². The van der Waals surface area contributed by atoms with Crippen LogP contribution in [0.15, 0.2) is 96.7 Å². The molecule has 42 heavy (non-hydrogen) atoms. The molecule has 3 heterocycles. The highest BCUT2D eigenvalue weighted by Gasteiger charge is 2.34. The first-order valence-corrected chi connectivity index (χ1v) is 14.5. The lowest BCUT2D eigenvalue weighted by molar-refractivity contribution is -0.116. The second kappa shape index (κ2) is 11.0. The van der Waals surface area contributed by atoms with Crippen LogP contribution in [-0.2, 0) is 16.1 Å². The van der Waals surface area contributed by atoms with Crippen molar-refractivity contribution in [2.24, 2.45) is 0 Å². The van der Waals surface area contributed by atoms with Crippen LogP contribution in [0.4, 0.5) is 5.69 Å². The minimum atomic E-state index is -0.211. The van der Waals surface area contributed by atoms with Crippen LogP contribution >= 0.6 is 0 Å². The Kier molecular flexibility index (Phi) is 6.86. The van der Waals surface area contributed by atoms with E-state index >= 15 is 0 Å². The molecule has 0 saturated carbocycles. The Morgan fingerprint density at radius 3 is 2.55 bits per heavy atom. The van der Waals surface area contributed by atoms with Gasteiger partial charge in [-0.3, -0.25) is 14.5 Å². The lowest BCUT2D eigenvalue weighted by Gasteiger charge is -2.23. The van der Waals surface area contributed by atoms with Gasteiger partial charge >= 0.3 is 0 Å². The normalized spacial score (nSPS) is 16.5. The third kappa shape index (κ3) is 4.89. The number of aromatic nitrogens is 1. The van der Waals surface area contributed by atoms with Crippen LogP contribution in [0.25, 0.3) is 38.9 Å². The summed E-state index contributed by atoms with van der Waals surface area (Å²) in [7, 11) is 0. The molecule has 6 heteroatoms. The van der Waals surface area contributed by atoms with Crippen molar-refractivity contribution in [1.29, 1.82) is 0 Å². The molecule has 1 fully saturated rings. The molecule has 0 atom stereocenters. The zero-order valence-electron chi connectivity index (χ0n) is 23.5. The number of carbonyl (C=O) groups is 2. The Morgan fingerprint density at radius 2 is 1.71 bits per heavy atom. The van der Waals surface area contributed by atoms with Crippen molar-refractivity contribution in [2.75, 3.05) is 18.1 Å². The molecule has 0 radical (unpaired) electrons. The molecule has 5 aromatic rings. The summed E-state index contributed by atoms with van der Waals surface area (Å²) < 4.78 is 5.51.